The smallest absolute Gasteiger partial charge is 0.258 e. The number of rotatable bonds is 4. The number of halogens is 2. The molecule has 0 saturated heterocycles. The number of carbonyl (C=O) groups excluding carboxylic acids is 1. The van der Waals surface area contributed by atoms with Crippen molar-refractivity contribution in [3.8, 4) is 11.5 Å². The zero-order chi connectivity index (χ0) is 18.8. The van der Waals surface area contributed by atoms with Crippen LogP contribution >= 0.6 is 0 Å². The molecule has 0 aliphatic rings. The predicted octanol–water partition coefficient (Wildman–Crippen LogP) is 2.76. The van der Waals surface area contributed by atoms with E-state index < -0.39 is 23.2 Å². The fraction of sp³-hybridized carbons (Fsp3) is 0.118. The van der Waals surface area contributed by atoms with Gasteiger partial charge in [-0.05, 0) is 12.1 Å². The Morgan fingerprint density at radius 1 is 1.12 bits per heavy atom. The van der Waals surface area contributed by atoms with Crippen LogP contribution in [0.25, 0.3) is 10.9 Å². The van der Waals surface area contributed by atoms with Crippen molar-refractivity contribution in [3.05, 3.63) is 47.8 Å². The Hall–Kier alpha value is -3.49. The third kappa shape index (κ3) is 2.83. The lowest BCUT2D eigenvalue weighted by molar-refractivity contribution is 0.102. The molecule has 2 aromatic carbocycles. The lowest BCUT2D eigenvalue weighted by Crippen LogP contribution is -2.16. The fourth-order valence-electron chi connectivity index (χ4n) is 2.47. The Bertz CT molecular complexity index is 983. The Kier molecular flexibility index (Phi) is 4.53. The van der Waals surface area contributed by atoms with E-state index in [1.165, 1.54) is 26.6 Å². The first-order valence-electron chi connectivity index (χ1n) is 7.38. The SMILES string of the molecule is COc1cc(OC)c(F)c(NC(=O)c2cccc3c(N)ncnc23)c1F. The standard InChI is InChI=1S/C17H14F2N4O3/c1-25-10-6-11(26-2)13(19)15(12(10)18)23-17(24)9-5-3-4-8-14(9)21-7-22-16(8)20/h3-7H,1-2H3,(H,23,24)(H2,20,21,22). The summed E-state index contributed by atoms with van der Waals surface area (Å²) < 4.78 is 38.5. The van der Waals surface area contributed by atoms with Crippen LogP contribution in [-0.4, -0.2) is 30.1 Å². The normalized spacial score (nSPS) is 10.6. The number of nitrogen functional groups attached to an aromatic ring is 1. The van der Waals surface area contributed by atoms with Gasteiger partial charge in [0, 0.05) is 11.5 Å². The number of nitrogens with one attached hydrogen (secondary N) is 1. The summed E-state index contributed by atoms with van der Waals surface area (Å²) in [6.45, 7) is 0. The number of amides is 1. The average Bonchev–Trinajstić information content (AvgIpc) is 2.65. The molecule has 0 aliphatic carbocycles. The number of anilines is 2. The van der Waals surface area contributed by atoms with E-state index in [-0.39, 0.29) is 28.4 Å². The lowest BCUT2D eigenvalue weighted by atomic mass is 10.1. The number of benzene rings is 2. The molecule has 3 N–H and O–H groups in total. The van der Waals surface area contributed by atoms with Gasteiger partial charge in [-0.15, -0.1) is 0 Å². The molecule has 0 atom stereocenters. The summed E-state index contributed by atoms with van der Waals surface area (Å²) in [4.78, 5) is 20.5. The Labute approximate surface area is 146 Å². The van der Waals surface area contributed by atoms with Crippen LogP contribution in [-0.2, 0) is 0 Å². The number of hydrogen-bond acceptors (Lipinski definition) is 6. The van der Waals surface area contributed by atoms with Crippen LogP contribution in [0.1, 0.15) is 10.4 Å². The van der Waals surface area contributed by atoms with Crippen LogP contribution in [0.4, 0.5) is 20.3 Å². The van der Waals surface area contributed by atoms with E-state index in [2.05, 4.69) is 15.3 Å². The number of aromatic nitrogens is 2. The van der Waals surface area contributed by atoms with Gasteiger partial charge in [-0.25, -0.2) is 18.7 Å². The maximum atomic E-state index is 14.4. The molecule has 1 heterocycles. The zero-order valence-electron chi connectivity index (χ0n) is 13.8. The summed E-state index contributed by atoms with van der Waals surface area (Å²) in [6.07, 6.45) is 1.20. The van der Waals surface area contributed by atoms with E-state index >= 15 is 0 Å². The van der Waals surface area contributed by atoms with Crippen molar-refractivity contribution in [2.75, 3.05) is 25.3 Å². The van der Waals surface area contributed by atoms with Gasteiger partial charge in [0.05, 0.1) is 25.3 Å². The number of carbonyl (C=O) groups is 1. The quantitative estimate of drug-likeness (QED) is 0.742. The van der Waals surface area contributed by atoms with Crippen LogP contribution in [0.5, 0.6) is 11.5 Å². The monoisotopic (exact) mass is 360 g/mol. The summed E-state index contributed by atoms with van der Waals surface area (Å²) in [5.41, 5.74) is 5.41. The van der Waals surface area contributed by atoms with E-state index in [9.17, 15) is 13.6 Å². The highest BCUT2D eigenvalue weighted by Crippen LogP contribution is 2.35. The van der Waals surface area contributed by atoms with Crippen molar-refractivity contribution in [1.82, 2.24) is 9.97 Å². The summed E-state index contributed by atoms with van der Waals surface area (Å²) in [7, 11) is 2.43. The number of para-hydroxylation sites is 1. The average molecular weight is 360 g/mol. The first-order valence-corrected chi connectivity index (χ1v) is 7.38. The van der Waals surface area contributed by atoms with E-state index in [0.29, 0.717) is 5.39 Å². The largest absolute Gasteiger partial charge is 0.493 e. The van der Waals surface area contributed by atoms with Gasteiger partial charge in [-0.2, -0.15) is 0 Å². The summed E-state index contributed by atoms with van der Waals surface area (Å²) in [5.74, 6) is -3.26. The van der Waals surface area contributed by atoms with Gasteiger partial charge in [0.15, 0.2) is 23.1 Å². The molecule has 26 heavy (non-hydrogen) atoms. The van der Waals surface area contributed by atoms with Crippen molar-refractivity contribution in [1.29, 1.82) is 0 Å². The van der Waals surface area contributed by atoms with Crippen molar-refractivity contribution in [3.63, 3.8) is 0 Å². The highest BCUT2D eigenvalue weighted by Gasteiger charge is 2.23. The van der Waals surface area contributed by atoms with Crippen LogP contribution in [0.15, 0.2) is 30.6 Å². The second-order valence-electron chi connectivity index (χ2n) is 5.20. The summed E-state index contributed by atoms with van der Waals surface area (Å²) >= 11 is 0. The molecule has 7 nitrogen and oxygen atoms in total. The fourth-order valence-corrected chi connectivity index (χ4v) is 2.47. The molecule has 0 bridgehead atoms. The van der Waals surface area contributed by atoms with Gasteiger partial charge < -0.3 is 20.5 Å². The van der Waals surface area contributed by atoms with Gasteiger partial charge in [0.2, 0.25) is 0 Å². The summed E-state index contributed by atoms with van der Waals surface area (Å²) in [6, 6.07) is 5.70. The number of fused-ring (bicyclic) bond motifs is 1. The zero-order valence-corrected chi connectivity index (χ0v) is 13.8. The van der Waals surface area contributed by atoms with E-state index in [4.69, 9.17) is 15.2 Å². The molecule has 1 aromatic heterocycles. The minimum atomic E-state index is -1.06. The van der Waals surface area contributed by atoms with Crippen LogP contribution in [0.3, 0.4) is 0 Å². The predicted molar refractivity (Wildman–Crippen MR) is 91.4 cm³/mol. The Morgan fingerprint density at radius 2 is 1.77 bits per heavy atom. The first-order chi connectivity index (χ1) is 12.5. The molecular formula is C17H14F2N4O3. The molecule has 3 aromatic rings. The molecule has 0 aliphatic heterocycles. The molecule has 9 heteroatoms. The van der Waals surface area contributed by atoms with Crippen LogP contribution in [0.2, 0.25) is 0 Å². The maximum Gasteiger partial charge on any atom is 0.258 e. The van der Waals surface area contributed by atoms with Crippen LogP contribution < -0.4 is 20.5 Å². The first kappa shape index (κ1) is 17.3. The van der Waals surface area contributed by atoms with Gasteiger partial charge in [0.1, 0.15) is 17.8 Å². The molecule has 1 amide bonds. The maximum absolute atomic E-state index is 14.4. The molecule has 0 unspecified atom stereocenters. The molecule has 3 rings (SSSR count). The van der Waals surface area contributed by atoms with E-state index in [1.54, 1.807) is 12.1 Å². The third-order valence-corrected chi connectivity index (χ3v) is 3.75. The van der Waals surface area contributed by atoms with Crippen molar-refractivity contribution in [2.24, 2.45) is 0 Å². The van der Waals surface area contributed by atoms with Gasteiger partial charge in [0.25, 0.3) is 5.91 Å². The van der Waals surface area contributed by atoms with E-state index in [0.717, 1.165) is 6.07 Å². The molecular weight excluding hydrogens is 346 g/mol. The third-order valence-electron chi connectivity index (χ3n) is 3.75. The number of nitrogens with two attached hydrogens (primary N) is 1. The molecule has 134 valence electrons. The number of hydrogen-bond donors (Lipinski definition) is 2. The number of ether oxygens (including phenoxy) is 2. The Morgan fingerprint density at radius 3 is 2.38 bits per heavy atom. The minimum Gasteiger partial charge on any atom is -0.493 e. The van der Waals surface area contributed by atoms with Gasteiger partial charge in [-0.3, -0.25) is 4.79 Å². The van der Waals surface area contributed by atoms with Gasteiger partial charge in [-0.1, -0.05) is 6.07 Å². The number of methoxy groups -OCH3 is 2. The number of nitrogens with zero attached hydrogens (tertiary/aromatic N) is 2. The van der Waals surface area contributed by atoms with Crippen molar-refractivity contribution < 1.29 is 23.0 Å². The second-order valence-corrected chi connectivity index (χ2v) is 5.20. The second kappa shape index (κ2) is 6.79. The molecule has 0 saturated carbocycles. The molecule has 0 fully saturated rings. The molecule has 0 spiro atoms. The lowest BCUT2D eigenvalue weighted by Gasteiger charge is -2.14. The minimum absolute atomic E-state index is 0.0807. The topological polar surface area (TPSA) is 99.4 Å². The van der Waals surface area contributed by atoms with Crippen LogP contribution in [0, 0.1) is 11.6 Å². The van der Waals surface area contributed by atoms with E-state index in [1.807, 2.05) is 0 Å². The summed E-state index contributed by atoms with van der Waals surface area (Å²) in [5, 5.41) is 2.65. The highest BCUT2D eigenvalue weighted by atomic mass is 19.1. The highest BCUT2D eigenvalue weighted by molar-refractivity contribution is 6.13. The van der Waals surface area contributed by atoms with Crippen molar-refractivity contribution in [2.45, 2.75) is 0 Å². The molecule has 0 radical (unpaired) electrons. The Balaban J connectivity index is 2.08. The van der Waals surface area contributed by atoms with Crippen molar-refractivity contribution >= 4 is 28.3 Å². The van der Waals surface area contributed by atoms with Gasteiger partial charge >= 0.3 is 0 Å².